The van der Waals surface area contributed by atoms with Crippen molar-refractivity contribution in [3.8, 4) is 0 Å². The molecule has 0 bridgehead atoms. The van der Waals surface area contributed by atoms with Gasteiger partial charge in [0.15, 0.2) is 0 Å². The Morgan fingerprint density at radius 3 is 2.75 bits per heavy atom. The van der Waals surface area contributed by atoms with Crippen molar-refractivity contribution in [1.82, 2.24) is 4.90 Å². The maximum atomic E-state index is 11.7. The topological polar surface area (TPSA) is 81.0 Å². The van der Waals surface area contributed by atoms with Gasteiger partial charge in [0.05, 0.1) is 12.2 Å². The summed E-state index contributed by atoms with van der Waals surface area (Å²) in [4.78, 5) is 13.9. The molecule has 28 heavy (non-hydrogen) atoms. The number of aliphatic hydroxyl groups excluding tert-OH is 2. The molecular formula is C23H39NO4. The monoisotopic (exact) mass is 393 g/mol. The first-order valence-corrected chi connectivity index (χ1v) is 11.5. The van der Waals surface area contributed by atoms with Crippen molar-refractivity contribution in [3.05, 3.63) is 12.2 Å². The molecule has 5 heteroatoms. The van der Waals surface area contributed by atoms with E-state index >= 15 is 0 Å². The average Bonchev–Trinajstić information content (AvgIpc) is 3.14. The van der Waals surface area contributed by atoms with Crippen molar-refractivity contribution >= 4 is 5.97 Å². The molecule has 0 amide bonds. The van der Waals surface area contributed by atoms with Crippen LogP contribution in [0, 0.1) is 17.8 Å². The lowest BCUT2D eigenvalue weighted by Crippen LogP contribution is -2.51. The fourth-order valence-electron chi connectivity index (χ4n) is 6.06. The lowest BCUT2D eigenvalue weighted by atomic mass is 9.88. The van der Waals surface area contributed by atoms with Crippen molar-refractivity contribution in [3.63, 3.8) is 0 Å². The molecule has 0 aromatic heterocycles. The van der Waals surface area contributed by atoms with Crippen molar-refractivity contribution in [2.24, 2.45) is 17.8 Å². The molecule has 3 rings (SSSR count). The Bertz CT molecular complexity index is 551. The lowest BCUT2D eigenvalue weighted by Gasteiger charge is -2.38. The van der Waals surface area contributed by atoms with E-state index in [0.29, 0.717) is 24.3 Å². The Labute approximate surface area is 169 Å². The highest BCUT2D eigenvalue weighted by Crippen LogP contribution is 2.49. The minimum atomic E-state index is -0.716. The zero-order valence-electron chi connectivity index (χ0n) is 17.5. The summed E-state index contributed by atoms with van der Waals surface area (Å²) in [7, 11) is 0. The van der Waals surface area contributed by atoms with Crippen LogP contribution in [-0.2, 0) is 4.79 Å². The molecule has 0 spiro atoms. The first kappa shape index (κ1) is 21.8. The van der Waals surface area contributed by atoms with Gasteiger partial charge >= 0.3 is 5.97 Å². The van der Waals surface area contributed by atoms with Crippen molar-refractivity contribution in [2.45, 2.75) is 108 Å². The van der Waals surface area contributed by atoms with E-state index in [9.17, 15) is 20.1 Å². The fraction of sp³-hybridized carbons (Fsp3) is 0.870. The molecule has 3 N–H and O–H groups in total. The van der Waals surface area contributed by atoms with Crippen LogP contribution < -0.4 is 0 Å². The van der Waals surface area contributed by atoms with Gasteiger partial charge in [-0.3, -0.25) is 9.69 Å². The summed E-state index contributed by atoms with van der Waals surface area (Å²) in [5, 5.41) is 30.7. The standard InChI is InChI=1S/C23H39NO4/c1-3-4-5-7-15(2)12-17(25)10-11-18-19-13-16-8-6-9-20(23(27)28)24(16)21(19)14-22(18)26/h10-11,15-22,25-26H,3-9,12-14H2,1-2H3,(H,27,28)/t15?,16?,17-,18+,19+,20?,21+,22+/m0/s1. The summed E-state index contributed by atoms with van der Waals surface area (Å²) in [6.45, 7) is 4.41. The van der Waals surface area contributed by atoms with Gasteiger partial charge in [-0.25, -0.2) is 0 Å². The maximum Gasteiger partial charge on any atom is 0.320 e. The molecule has 0 aromatic carbocycles. The molecule has 3 unspecified atom stereocenters. The van der Waals surface area contributed by atoms with Gasteiger partial charge in [0.25, 0.3) is 0 Å². The first-order chi connectivity index (χ1) is 13.4. The van der Waals surface area contributed by atoms with Gasteiger partial charge in [-0.1, -0.05) is 51.7 Å². The van der Waals surface area contributed by atoms with Gasteiger partial charge in [0, 0.05) is 18.0 Å². The van der Waals surface area contributed by atoms with Gasteiger partial charge < -0.3 is 15.3 Å². The van der Waals surface area contributed by atoms with E-state index in [-0.39, 0.29) is 12.0 Å². The highest BCUT2D eigenvalue weighted by Gasteiger charge is 2.54. The molecule has 0 radical (unpaired) electrons. The van der Waals surface area contributed by atoms with E-state index in [1.807, 2.05) is 12.2 Å². The molecule has 160 valence electrons. The average molecular weight is 394 g/mol. The molecule has 1 saturated carbocycles. The van der Waals surface area contributed by atoms with Crippen LogP contribution in [0.1, 0.15) is 78.1 Å². The van der Waals surface area contributed by atoms with Crippen LogP contribution in [-0.4, -0.2) is 56.5 Å². The van der Waals surface area contributed by atoms with Gasteiger partial charge in [-0.15, -0.1) is 0 Å². The summed E-state index contributed by atoms with van der Waals surface area (Å²) in [5.74, 6) is 0.135. The number of piperidine rings is 1. The van der Waals surface area contributed by atoms with E-state index in [2.05, 4.69) is 18.7 Å². The number of fused-ring (bicyclic) bond motifs is 3. The normalized spacial score (nSPS) is 37.7. The van der Waals surface area contributed by atoms with Gasteiger partial charge in [0.2, 0.25) is 0 Å². The van der Waals surface area contributed by atoms with Gasteiger partial charge in [0.1, 0.15) is 6.04 Å². The van der Waals surface area contributed by atoms with Gasteiger partial charge in [-0.05, 0) is 50.4 Å². The number of hydrogen-bond donors (Lipinski definition) is 3. The number of aliphatic hydroxyl groups is 2. The van der Waals surface area contributed by atoms with E-state index in [0.717, 1.165) is 38.5 Å². The molecule has 3 fully saturated rings. The Kier molecular flexibility index (Phi) is 7.57. The molecular weight excluding hydrogens is 354 g/mol. The SMILES string of the molecule is CCCCCC(C)C[C@@H](O)C=C[C@@H]1[C@H]2CC3CCCC(C(=O)O)N3[C@@H]2C[C@H]1O. The lowest BCUT2D eigenvalue weighted by molar-refractivity contribution is -0.146. The van der Waals surface area contributed by atoms with Crippen LogP contribution in [0.15, 0.2) is 12.2 Å². The van der Waals surface area contributed by atoms with Crippen LogP contribution >= 0.6 is 0 Å². The maximum absolute atomic E-state index is 11.7. The van der Waals surface area contributed by atoms with Crippen LogP contribution in [0.4, 0.5) is 0 Å². The largest absolute Gasteiger partial charge is 0.480 e. The number of unbranched alkanes of at least 4 members (excludes halogenated alkanes) is 2. The molecule has 8 atom stereocenters. The summed E-state index contributed by atoms with van der Waals surface area (Å²) in [6.07, 6.45) is 13.1. The fourth-order valence-corrected chi connectivity index (χ4v) is 6.06. The third-order valence-electron chi connectivity index (χ3n) is 7.42. The second-order valence-corrected chi connectivity index (χ2v) is 9.52. The van der Waals surface area contributed by atoms with Crippen LogP contribution in [0.25, 0.3) is 0 Å². The highest BCUT2D eigenvalue weighted by molar-refractivity contribution is 5.73. The molecule has 2 heterocycles. The number of carboxylic acid groups (broad SMARTS) is 1. The number of rotatable bonds is 9. The zero-order chi connectivity index (χ0) is 20.3. The van der Waals surface area contributed by atoms with Crippen molar-refractivity contribution in [2.75, 3.05) is 0 Å². The number of hydrogen-bond acceptors (Lipinski definition) is 4. The van der Waals surface area contributed by atoms with E-state index in [1.54, 1.807) is 0 Å². The minimum Gasteiger partial charge on any atom is -0.480 e. The van der Waals surface area contributed by atoms with Crippen molar-refractivity contribution < 1.29 is 20.1 Å². The van der Waals surface area contributed by atoms with E-state index < -0.39 is 24.2 Å². The third-order valence-corrected chi connectivity index (χ3v) is 7.42. The predicted molar refractivity (Wildman–Crippen MR) is 110 cm³/mol. The number of aliphatic carboxylic acids is 1. The summed E-state index contributed by atoms with van der Waals surface area (Å²) >= 11 is 0. The Morgan fingerprint density at radius 2 is 2.04 bits per heavy atom. The summed E-state index contributed by atoms with van der Waals surface area (Å²) < 4.78 is 0. The predicted octanol–water partition coefficient (Wildman–Crippen LogP) is 3.59. The van der Waals surface area contributed by atoms with Crippen molar-refractivity contribution in [1.29, 1.82) is 0 Å². The number of carboxylic acids is 1. The van der Waals surface area contributed by atoms with Crippen LogP contribution in [0.2, 0.25) is 0 Å². The number of carbonyl (C=O) groups is 1. The molecule has 2 aliphatic heterocycles. The molecule has 0 aromatic rings. The van der Waals surface area contributed by atoms with E-state index in [1.165, 1.54) is 19.3 Å². The first-order valence-electron chi connectivity index (χ1n) is 11.5. The number of nitrogens with zero attached hydrogens (tertiary/aromatic N) is 1. The van der Waals surface area contributed by atoms with Crippen LogP contribution in [0.5, 0.6) is 0 Å². The minimum absolute atomic E-state index is 0.0371. The van der Waals surface area contributed by atoms with Gasteiger partial charge in [-0.2, -0.15) is 0 Å². The third kappa shape index (κ3) is 4.80. The van der Waals surface area contributed by atoms with Crippen LogP contribution in [0.3, 0.4) is 0 Å². The smallest absolute Gasteiger partial charge is 0.320 e. The second-order valence-electron chi connectivity index (χ2n) is 9.52. The Hall–Kier alpha value is -0.910. The molecule has 5 nitrogen and oxygen atoms in total. The highest BCUT2D eigenvalue weighted by atomic mass is 16.4. The summed E-state index contributed by atoms with van der Waals surface area (Å²) in [5.41, 5.74) is 0. The molecule has 1 aliphatic carbocycles. The molecule has 3 aliphatic rings. The Balaban J connectivity index is 1.58. The zero-order valence-corrected chi connectivity index (χ0v) is 17.5. The van der Waals surface area contributed by atoms with E-state index in [4.69, 9.17) is 0 Å². The summed E-state index contributed by atoms with van der Waals surface area (Å²) in [6, 6.07) is 0.121. The molecule has 2 saturated heterocycles. The Morgan fingerprint density at radius 1 is 1.25 bits per heavy atom. The second kappa shape index (κ2) is 9.73. The quantitative estimate of drug-likeness (QED) is 0.412.